The predicted octanol–water partition coefficient (Wildman–Crippen LogP) is 6.48. The Hall–Kier alpha value is -1.69. The van der Waals surface area contributed by atoms with Gasteiger partial charge < -0.3 is 10.2 Å². The van der Waals surface area contributed by atoms with Gasteiger partial charge in [0, 0.05) is 28.4 Å². The van der Waals surface area contributed by atoms with Crippen LogP contribution < -0.4 is 5.32 Å². The molecule has 2 aromatic rings. The highest BCUT2D eigenvalue weighted by atomic mass is 35.5. The van der Waals surface area contributed by atoms with Gasteiger partial charge in [-0.05, 0) is 42.5 Å². The van der Waals surface area contributed by atoms with Crippen molar-refractivity contribution >= 4 is 46.8 Å². The van der Waals surface area contributed by atoms with Crippen molar-refractivity contribution in [2.75, 3.05) is 5.75 Å². The molecule has 1 fully saturated rings. The molecule has 0 unspecified atom stereocenters. The van der Waals surface area contributed by atoms with Crippen molar-refractivity contribution < 1.29 is 9.59 Å². The highest BCUT2D eigenvalue weighted by Crippen LogP contribution is 2.24. The van der Waals surface area contributed by atoms with E-state index in [1.54, 1.807) is 4.90 Å². The van der Waals surface area contributed by atoms with Gasteiger partial charge >= 0.3 is 0 Å². The van der Waals surface area contributed by atoms with E-state index in [0.29, 0.717) is 28.8 Å². The quantitative estimate of drug-likeness (QED) is 0.400. The van der Waals surface area contributed by atoms with Gasteiger partial charge in [-0.2, -0.15) is 0 Å². The Balaban J connectivity index is 1.72. The molecule has 1 atom stereocenters. The van der Waals surface area contributed by atoms with Crippen LogP contribution in [0.5, 0.6) is 0 Å². The molecule has 2 amide bonds. The van der Waals surface area contributed by atoms with Gasteiger partial charge in [0.1, 0.15) is 6.04 Å². The highest BCUT2D eigenvalue weighted by molar-refractivity contribution is 7.99. The fourth-order valence-corrected chi connectivity index (χ4v) is 5.61. The van der Waals surface area contributed by atoms with Crippen molar-refractivity contribution in [2.24, 2.45) is 0 Å². The lowest BCUT2D eigenvalue weighted by molar-refractivity contribution is -0.139. The smallest absolute Gasteiger partial charge is 0.243 e. The largest absolute Gasteiger partial charge is 0.352 e. The van der Waals surface area contributed by atoms with Crippen molar-refractivity contribution in [3.05, 3.63) is 69.7 Å². The Labute approximate surface area is 211 Å². The lowest BCUT2D eigenvalue weighted by Gasteiger charge is -2.33. The third-order valence-corrected chi connectivity index (χ3v) is 7.78. The average Bonchev–Trinajstić information content (AvgIpc) is 2.82. The number of thioether (sulfide) groups is 1. The molecule has 1 aliphatic rings. The predicted molar refractivity (Wildman–Crippen MR) is 139 cm³/mol. The topological polar surface area (TPSA) is 49.4 Å². The standard InChI is InChI=1S/C26H32Cl2N2O2S/c1-2-24(26(32)29-21-12-4-3-5-13-21)30(16-19-10-6-8-14-22(19)27)25(31)18-33-17-20-11-7-9-15-23(20)28/h6-11,14-15,21,24H,2-5,12-13,16-18H2,1H3,(H,29,32)/t24-/m0/s1. The number of nitrogens with zero attached hydrogens (tertiary/aromatic N) is 1. The number of nitrogens with one attached hydrogen (secondary N) is 1. The second-order valence-corrected chi connectivity index (χ2v) is 10.3. The summed E-state index contributed by atoms with van der Waals surface area (Å²) < 4.78 is 0. The first kappa shape index (κ1) is 25.9. The summed E-state index contributed by atoms with van der Waals surface area (Å²) in [5.74, 6) is 0.762. The van der Waals surface area contributed by atoms with E-state index in [1.165, 1.54) is 18.2 Å². The fourth-order valence-electron chi connectivity index (χ4n) is 4.22. The van der Waals surface area contributed by atoms with Crippen LogP contribution in [0.15, 0.2) is 48.5 Å². The van der Waals surface area contributed by atoms with Gasteiger partial charge in [-0.25, -0.2) is 0 Å². The summed E-state index contributed by atoms with van der Waals surface area (Å²) in [6.45, 7) is 2.26. The summed E-state index contributed by atoms with van der Waals surface area (Å²) >= 11 is 14.2. The van der Waals surface area contributed by atoms with E-state index < -0.39 is 6.04 Å². The number of hydrogen-bond donors (Lipinski definition) is 1. The average molecular weight is 508 g/mol. The molecule has 1 aliphatic carbocycles. The first-order valence-electron chi connectivity index (χ1n) is 11.6. The maximum atomic E-state index is 13.4. The van der Waals surface area contributed by atoms with Gasteiger partial charge in [-0.1, -0.05) is 85.8 Å². The number of benzene rings is 2. The zero-order valence-electron chi connectivity index (χ0n) is 19.1. The summed E-state index contributed by atoms with van der Waals surface area (Å²) in [7, 11) is 0. The Morgan fingerprint density at radius 3 is 2.21 bits per heavy atom. The van der Waals surface area contributed by atoms with E-state index >= 15 is 0 Å². The molecule has 0 spiro atoms. The minimum Gasteiger partial charge on any atom is -0.352 e. The van der Waals surface area contributed by atoms with E-state index in [2.05, 4.69) is 5.32 Å². The molecule has 178 valence electrons. The summed E-state index contributed by atoms with van der Waals surface area (Å²) in [5.41, 5.74) is 1.84. The monoisotopic (exact) mass is 506 g/mol. The van der Waals surface area contributed by atoms with E-state index in [1.807, 2.05) is 55.5 Å². The Bertz CT molecular complexity index is 934. The number of amides is 2. The molecule has 33 heavy (non-hydrogen) atoms. The first-order chi connectivity index (χ1) is 16.0. The molecular weight excluding hydrogens is 475 g/mol. The Morgan fingerprint density at radius 1 is 1.00 bits per heavy atom. The van der Waals surface area contributed by atoms with Gasteiger partial charge in [0.15, 0.2) is 0 Å². The molecule has 1 saturated carbocycles. The fraction of sp³-hybridized carbons (Fsp3) is 0.462. The van der Waals surface area contributed by atoms with E-state index in [0.717, 1.165) is 36.8 Å². The van der Waals surface area contributed by atoms with Crippen LogP contribution in [-0.4, -0.2) is 34.6 Å². The molecule has 0 heterocycles. The lowest BCUT2D eigenvalue weighted by Crippen LogP contribution is -2.52. The van der Waals surface area contributed by atoms with Crippen LogP contribution in [0.1, 0.15) is 56.6 Å². The number of hydrogen-bond acceptors (Lipinski definition) is 3. The van der Waals surface area contributed by atoms with E-state index in [9.17, 15) is 9.59 Å². The van der Waals surface area contributed by atoms with Crippen LogP contribution in [0.3, 0.4) is 0 Å². The van der Waals surface area contributed by atoms with Crippen LogP contribution in [-0.2, 0) is 21.9 Å². The van der Waals surface area contributed by atoms with Gasteiger partial charge in [0.05, 0.1) is 5.75 Å². The molecule has 3 rings (SSSR count). The lowest BCUT2D eigenvalue weighted by atomic mass is 9.95. The van der Waals surface area contributed by atoms with E-state index in [4.69, 9.17) is 23.2 Å². The number of carbonyl (C=O) groups is 2. The number of halogens is 2. The Kier molecular flexibility index (Phi) is 10.4. The third-order valence-electron chi connectivity index (χ3n) is 6.08. The molecule has 7 heteroatoms. The van der Waals surface area contributed by atoms with Gasteiger partial charge in [-0.3, -0.25) is 9.59 Å². The molecule has 0 radical (unpaired) electrons. The minimum absolute atomic E-state index is 0.0686. The minimum atomic E-state index is -0.531. The van der Waals surface area contributed by atoms with E-state index in [-0.39, 0.29) is 23.6 Å². The third kappa shape index (κ3) is 7.66. The summed E-state index contributed by atoms with van der Waals surface area (Å²) in [5, 5.41) is 4.50. The second kappa shape index (κ2) is 13.3. The number of rotatable bonds is 10. The normalized spacial score (nSPS) is 15.1. The van der Waals surface area contributed by atoms with Crippen molar-refractivity contribution in [1.29, 1.82) is 0 Å². The molecule has 0 saturated heterocycles. The highest BCUT2D eigenvalue weighted by Gasteiger charge is 2.30. The number of carbonyl (C=O) groups excluding carboxylic acids is 2. The molecule has 1 N–H and O–H groups in total. The van der Waals surface area contributed by atoms with Crippen LogP contribution in [0.4, 0.5) is 0 Å². The molecule has 0 aromatic heterocycles. The second-order valence-electron chi connectivity index (χ2n) is 8.46. The van der Waals surface area contributed by atoms with Crippen LogP contribution in [0.2, 0.25) is 10.0 Å². The summed E-state index contributed by atoms with van der Waals surface area (Å²) in [6, 6.07) is 14.8. The zero-order valence-corrected chi connectivity index (χ0v) is 21.4. The van der Waals surface area contributed by atoms with Gasteiger partial charge in [0.2, 0.25) is 11.8 Å². The maximum absolute atomic E-state index is 13.4. The van der Waals surface area contributed by atoms with Crippen LogP contribution >= 0.6 is 35.0 Å². The molecule has 4 nitrogen and oxygen atoms in total. The van der Waals surface area contributed by atoms with Crippen molar-refractivity contribution in [3.8, 4) is 0 Å². The molecule has 2 aromatic carbocycles. The van der Waals surface area contributed by atoms with Crippen LogP contribution in [0, 0.1) is 0 Å². The van der Waals surface area contributed by atoms with Crippen molar-refractivity contribution in [1.82, 2.24) is 10.2 Å². The van der Waals surface area contributed by atoms with Crippen molar-refractivity contribution in [2.45, 2.75) is 69.8 Å². The zero-order chi connectivity index (χ0) is 23.6. The molecular formula is C26H32Cl2N2O2S. The van der Waals surface area contributed by atoms with Gasteiger partial charge in [0.25, 0.3) is 0 Å². The van der Waals surface area contributed by atoms with Crippen molar-refractivity contribution in [3.63, 3.8) is 0 Å². The SMILES string of the molecule is CC[C@@H](C(=O)NC1CCCCC1)N(Cc1ccccc1Cl)C(=O)CSCc1ccccc1Cl. The summed E-state index contributed by atoms with van der Waals surface area (Å²) in [6.07, 6.45) is 6.07. The molecule has 0 aliphatic heterocycles. The first-order valence-corrected chi connectivity index (χ1v) is 13.5. The summed E-state index contributed by atoms with van der Waals surface area (Å²) in [4.78, 5) is 28.3. The maximum Gasteiger partial charge on any atom is 0.243 e. The molecule has 0 bridgehead atoms. The van der Waals surface area contributed by atoms with Gasteiger partial charge in [-0.15, -0.1) is 11.8 Å². The van der Waals surface area contributed by atoms with Crippen LogP contribution in [0.25, 0.3) is 0 Å². The Morgan fingerprint density at radius 2 is 1.61 bits per heavy atom.